The lowest BCUT2D eigenvalue weighted by Crippen LogP contribution is -2.34. The summed E-state index contributed by atoms with van der Waals surface area (Å²) >= 11 is 6.10. The molecule has 0 aromatic heterocycles. The molecule has 5 nitrogen and oxygen atoms in total. The molecule has 1 N–H and O–H groups in total. The van der Waals surface area contributed by atoms with Gasteiger partial charge in [-0.15, -0.1) is 0 Å². The molecule has 2 heterocycles. The molecule has 3 aromatic rings. The molecule has 40 heavy (non-hydrogen) atoms. The molecule has 0 aliphatic carbocycles. The average molecular weight is 574 g/mol. The molecule has 210 valence electrons. The maximum absolute atomic E-state index is 14.3. The first-order chi connectivity index (χ1) is 19.1. The summed E-state index contributed by atoms with van der Waals surface area (Å²) in [6.45, 7) is 2.89. The van der Waals surface area contributed by atoms with Crippen molar-refractivity contribution in [2.45, 2.75) is 19.0 Å². The SMILES string of the molecule is O=C(NCCCc1cccc(N2CC3CN(C(=O)c4c(F)cccc4Cl)CC3C2)c1)c1ccccc1C(F)(F)F. The number of nitrogens with one attached hydrogen (secondary N) is 1. The third-order valence-corrected chi connectivity index (χ3v) is 7.95. The predicted molar refractivity (Wildman–Crippen MR) is 145 cm³/mol. The van der Waals surface area contributed by atoms with Gasteiger partial charge in [-0.2, -0.15) is 13.2 Å². The quantitative estimate of drug-likeness (QED) is 0.276. The molecule has 2 aliphatic rings. The summed E-state index contributed by atoms with van der Waals surface area (Å²) in [7, 11) is 0. The Morgan fingerprint density at radius 3 is 2.33 bits per heavy atom. The van der Waals surface area contributed by atoms with Crippen molar-refractivity contribution in [2.75, 3.05) is 37.6 Å². The number of rotatable bonds is 7. The van der Waals surface area contributed by atoms with Crippen LogP contribution in [0.1, 0.15) is 38.3 Å². The van der Waals surface area contributed by atoms with Gasteiger partial charge in [-0.05, 0) is 54.8 Å². The topological polar surface area (TPSA) is 52.7 Å². The van der Waals surface area contributed by atoms with Crippen LogP contribution in [0.3, 0.4) is 0 Å². The number of hydrogen-bond donors (Lipinski definition) is 1. The van der Waals surface area contributed by atoms with Gasteiger partial charge in [-0.1, -0.05) is 41.9 Å². The molecule has 3 aromatic carbocycles. The second-order valence-electron chi connectivity index (χ2n) is 10.3. The Morgan fingerprint density at radius 1 is 0.925 bits per heavy atom. The second-order valence-corrected chi connectivity index (χ2v) is 10.7. The van der Waals surface area contributed by atoms with Crippen molar-refractivity contribution in [1.29, 1.82) is 0 Å². The van der Waals surface area contributed by atoms with Crippen molar-refractivity contribution in [1.82, 2.24) is 10.2 Å². The van der Waals surface area contributed by atoms with Crippen LogP contribution in [0, 0.1) is 17.7 Å². The van der Waals surface area contributed by atoms with E-state index < -0.39 is 23.5 Å². The first kappa shape index (κ1) is 28.0. The number of amides is 2. The summed E-state index contributed by atoms with van der Waals surface area (Å²) in [5.41, 5.74) is 0.720. The Labute approximate surface area is 234 Å². The molecule has 2 fully saturated rings. The number of hydrogen-bond acceptors (Lipinski definition) is 3. The Balaban J connectivity index is 1.12. The zero-order valence-electron chi connectivity index (χ0n) is 21.6. The zero-order valence-corrected chi connectivity index (χ0v) is 22.3. The predicted octanol–water partition coefficient (Wildman–Crippen LogP) is 6.07. The van der Waals surface area contributed by atoms with Crippen LogP contribution >= 0.6 is 11.6 Å². The van der Waals surface area contributed by atoms with E-state index in [-0.39, 0.29) is 40.4 Å². The maximum Gasteiger partial charge on any atom is 0.417 e. The van der Waals surface area contributed by atoms with Crippen LogP contribution in [-0.2, 0) is 12.6 Å². The molecule has 10 heteroatoms. The fraction of sp³-hybridized carbons (Fsp3) is 0.333. The molecular weight excluding hydrogens is 546 g/mol. The van der Waals surface area contributed by atoms with E-state index in [1.807, 2.05) is 18.2 Å². The largest absolute Gasteiger partial charge is 0.417 e. The number of fused-ring (bicyclic) bond motifs is 1. The molecule has 0 bridgehead atoms. The van der Waals surface area contributed by atoms with Crippen LogP contribution in [-0.4, -0.2) is 49.4 Å². The number of aryl methyl sites for hydroxylation is 1. The first-order valence-corrected chi connectivity index (χ1v) is 13.5. The Morgan fingerprint density at radius 2 is 1.62 bits per heavy atom. The van der Waals surface area contributed by atoms with Gasteiger partial charge >= 0.3 is 6.18 Å². The maximum atomic E-state index is 14.3. The number of anilines is 1. The summed E-state index contributed by atoms with van der Waals surface area (Å²) in [6.07, 6.45) is -3.37. The van der Waals surface area contributed by atoms with E-state index in [1.165, 1.54) is 36.4 Å². The summed E-state index contributed by atoms with van der Waals surface area (Å²) in [4.78, 5) is 29.3. The molecule has 0 radical (unpaired) electrons. The van der Waals surface area contributed by atoms with E-state index in [1.54, 1.807) is 4.90 Å². The highest BCUT2D eigenvalue weighted by Crippen LogP contribution is 2.36. The third kappa shape index (κ3) is 5.94. The normalized spacial score (nSPS) is 18.6. The van der Waals surface area contributed by atoms with Gasteiger partial charge in [0.15, 0.2) is 0 Å². The van der Waals surface area contributed by atoms with Crippen LogP contribution < -0.4 is 10.2 Å². The molecule has 2 saturated heterocycles. The van der Waals surface area contributed by atoms with Crippen LogP contribution in [0.2, 0.25) is 5.02 Å². The molecule has 0 saturated carbocycles. The smallest absolute Gasteiger partial charge is 0.371 e. The fourth-order valence-corrected chi connectivity index (χ4v) is 5.90. The van der Waals surface area contributed by atoms with Gasteiger partial charge in [0, 0.05) is 50.2 Å². The van der Waals surface area contributed by atoms with Crippen LogP contribution in [0.5, 0.6) is 0 Å². The van der Waals surface area contributed by atoms with Crippen molar-refractivity contribution in [3.05, 3.63) is 99.8 Å². The minimum absolute atomic E-state index is 0.0746. The third-order valence-electron chi connectivity index (χ3n) is 7.63. The minimum atomic E-state index is -4.59. The number of halogens is 5. The van der Waals surface area contributed by atoms with Crippen molar-refractivity contribution in [3.8, 4) is 0 Å². The minimum Gasteiger partial charge on any atom is -0.371 e. The number of alkyl halides is 3. The van der Waals surface area contributed by atoms with E-state index in [4.69, 9.17) is 11.6 Å². The van der Waals surface area contributed by atoms with Gasteiger partial charge < -0.3 is 15.1 Å². The fourth-order valence-electron chi connectivity index (χ4n) is 5.66. The van der Waals surface area contributed by atoms with Gasteiger partial charge in [-0.25, -0.2) is 4.39 Å². The first-order valence-electron chi connectivity index (χ1n) is 13.1. The number of carbonyl (C=O) groups is 2. The lowest BCUT2D eigenvalue weighted by molar-refractivity contribution is -0.137. The van der Waals surface area contributed by atoms with Crippen molar-refractivity contribution >= 4 is 29.1 Å². The van der Waals surface area contributed by atoms with E-state index in [9.17, 15) is 27.2 Å². The molecule has 2 aliphatic heterocycles. The zero-order chi connectivity index (χ0) is 28.4. The second kappa shape index (κ2) is 11.5. The molecular formula is C30H28ClF4N3O2. The Hall–Kier alpha value is -3.59. The van der Waals surface area contributed by atoms with Crippen LogP contribution in [0.25, 0.3) is 0 Å². The molecule has 0 spiro atoms. The highest BCUT2D eigenvalue weighted by atomic mass is 35.5. The van der Waals surface area contributed by atoms with Gasteiger partial charge in [0.1, 0.15) is 5.82 Å². The summed E-state index contributed by atoms with van der Waals surface area (Å²) in [5, 5.41) is 2.71. The Kier molecular flexibility index (Phi) is 8.03. The van der Waals surface area contributed by atoms with Gasteiger partial charge in [0.2, 0.25) is 0 Å². The van der Waals surface area contributed by atoms with E-state index in [0.717, 1.165) is 30.4 Å². The lowest BCUT2D eigenvalue weighted by Gasteiger charge is -2.24. The summed E-state index contributed by atoms with van der Waals surface area (Å²) < 4.78 is 53.8. The van der Waals surface area contributed by atoms with Crippen LogP contribution in [0.15, 0.2) is 66.7 Å². The standard InChI is InChI=1S/C30H28ClF4N3O2/c31-25-11-4-12-26(32)27(25)29(40)38-17-20-15-37(16-21(20)18-38)22-8-3-6-19(14-22)7-5-13-36-28(39)23-9-1-2-10-24(23)30(33,34)35/h1-4,6,8-12,14,20-21H,5,7,13,15-18H2,(H,36,39). The van der Waals surface area contributed by atoms with Crippen molar-refractivity contribution < 1.29 is 27.2 Å². The monoisotopic (exact) mass is 573 g/mol. The van der Waals surface area contributed by atoms with Crippen molar-refractivity contribution in [2.24, 2.45) is 11.8 Å². The molecule has 2 unspecified atom stereocenters. The highest BCUT2D eigenvalue weighted by Gasteiger charge is 2.42. The number of benzene rings is 3. The van der Waals surface area contributed by atoms with Crippen LogP contribution in [0.4, 0.5) is 23.2 Å². The number of carbonyl (C=O) groups excluding carboxylic acids is 2. The van der Waals surface area contributed by atoms with Gasteiger partial charge in [0.05, 0.1) is 21.7 Å². The van der Waals surface area contributed by atoms with E-state index >= 15 is 0 Å². The number of likely N-dealkylation sites (tertiary alicyclic amines) is 1. The van der Waals surface area contributed by atoms with E-state index in [0.29, 0.717) is 25.9 Å². The molecule has 2 atom stereocenters. The molecule has 2 amide bonds. The lowest BCUT2D eigenvalue weighted by atomic mass is 10.0. The van der Waals surface area contributed by atoms with E-state index in [2.05, 4.69) is 16.3 Å². The highest BCUT2D eigenvalue weighted by molar-refractivity contribution is 6.33. The van der Waals surface area contributed by atoms with Crippen molar-refractivity contribution in [3.63, 3.8) is 0 Å². The van der Waals surface area contributed by atoms with Gasteiger partial charge in [-0.3, -0.25) is 9.59 Å². The summed E-state index contributed by atoms with van der Waals surface area (Å²) in [6, 6.07) is 17.1. The summed E-state index contributed by atoms with van der Waals surface area (Å²) in [5.74, 6) is -1.19. The Bertz CT molecular complexity index is 1380. The molecule has 5 rings (SSSR count). The number of nitrogens with zero attached hydrogens (tertiary/aromatic N) is 2. The van der Waals surface area contributed by atoms with Gasteiger partial charge in [0.25, 0.3) is 11.8 Å². The average Bonchev–Trinajstić information content (AvgIpc) is 3.50.